The van der Waals surface area contributed by atoms with Crippen LogP contribution in [0.25, 0.3) is 0 Å². The molecule has 1 aromatic rings. The van der Waals surface area contributed by atoms with E-state index in [9.17, 15) is 9.50 Å². The van der Waals surface area contributed by atoms with E-state index in [0.717, 1.165) is 19.4 Å². The van der Waals surface area contributed by atoms with E-state index < -0.39 is 6.10 Å². The Morgan fingerprint density at radius 2 is 2.18 bits per heavy atom. The van der Waals surface area contributed by atoms with E-state index in [2.05, 4.69) is 0 Å². The molecule has 0 spiro atoms. The number of benzene rings is 1. The van der Waals surface area contributed by atoms with Gasteiger partial charge in [-0.3, -0.25) is 0 Å². The van der Waals surface area contributed by atoms with Crippen LogP contribution in [-0.2, 0) is 4.74 Å². The molecule has 2 aliphatic heterocycles. The fourth-order valence-electron chi connectivity index (χ4n) is 2.57. The van der Waals surface area contributed by atoms with Crippen LogP contribution in [0.3, 0.4) is 0 Å². The van der Waals surface area contributed by atoms with Gasteiger partial charge in [0.05, 0.1) is 12.2 Å². The molecule has 0 amide bonds. The van der Waals surface area contributed by atoms with Crippen LogP contribution in [0, 0.1) is 5.82 Å². The maximum Gasteiger partial charge on any atom is 0.128 e. The third-order valence-corrected chi connectivity index (χ3v) is 3.44. The highest BCUT2D eigenvalue weighted by atomic mass is 19.1. The molecule has 0 bridgehead atoms. The molecule has 3 rings (SSSR count). The second-order valence-corrected chi connectivity index (χ2v) is 4.64. The van der Waals surface area contributed by atoms with E-state index in [1.807, 2.05) is 0 Å². The summed E-state index contributed by atoms with van der Waals surface area (Å²) in [6.07, 6.45) is 1.75. The molecule has 0 saturated carbocycles. The number of aliphatic hydroxyl groups excluding tert-OH is 1. The molecule has 0 radical (unpaired) electrons. The van der Waals surface area contributed by atoms with Crippen molar-refractivity contribution in [3.05, 3.63) is 29.6 Å². The molecule has 1 N–H and O–H groups in total. The van der Waals surface area contributed by atoms with Gasteiger partial charge >= 0.3 is 0 Å². The molecule has 1 saturated heterocycles. The van der Waals surface area contributed by atoms with Crippen LogP contribution in [0.4, 0.5) is 4.39 Å². The number of fused-ring (bicyclic) bond motifs is 1. The van der Waals surface area contributed by atoms with Crippen LogP contribution in [0.5, 0.6) is 5.75 Å². The highest BCUT2D eigenvalue weighted by Crippen LogP contribution is 2.37. The smallest absolute Gasteiger partial charge is 0.128 e. The van der Waals surface area contributed by atoms with Gasteiger partial charge in [-0.25, -0.2) is 4.39 Å². The third-order valence-electron chi connectivity index (χ3n) is 3.44. The Kier molecular flexibility index (Phi) is 2.76. The van der Waals surface area contributed by atoms with Gasteiger partial charge in [-0.05, 0) is 31.0 Å². The normalized spacial score (nSPS) is 32.0. The van der Waals surface area contributed by atoms with E-state index in [1.165, 1.54) is 12.1 Å². The van der Waals surface area contributed by atoms with Crippen molar-refractivity contribution < 1.29 is 19.0 Å². The van der Waals surface area contributed by atoms with E-state index in [4.69, 9.17) is 9.47 Å². The standard InChI is InChI=1S/C13H15FO3/c14-8-3-4-11-9(6-8)10(15)7-13(17-11)12-2-1-5-16-12/h3-4,6,10,12-13,15H,1-2,5,7H2. The number of ether oxygens (including phenoxy) is 2. The predicted molar refractivity (Wildman–Crippen MR) is 59.4 cm³/mol. The van der Waals surface area contributed by atoms with Crippen LogP contribution in [0.15, 0.2) is 18.2 Å². The molecule has 92 valence electrons. The summed E-state index contributed by atoms with van der Waals surface area (Å²) in [6.45, 7) is 0.761. The molecular weight excluding hydrogens is 223 g/mol. The summed E-state index contributed by atoms with van der Waals surface area (Å²) in [7, 11) is 0. The number of hydrogen-bond donors (Lipinski definition) is 1. The summed E-state index contributed by atoms with van der Waals surface area (Å²) in [4.78, 5) is 0. The lowest BCUT2D eigenvalue weighted by molar-refractivity contribution is -0.0272. The first kappa shape index (κ1) is 11.0. The number of halogens is 1. The minimum absolute atomic E-state index is 0.0582. The fourth-order valence-corrected chi connectivity index (χ4v) is 2.57. The summed E-state index contributed by atoms with van der Waals surface area (Å²) in [5, 5.41) is 10.0. The lowest BCUT2D eigenvalue weighted by Gasteiger charge is -2.32. The van der Waals surface area contributed by atoms with Gasteiger partial charge in [-0.15, -0.1) is 0 Å². The lowest BCUT2D eigenvalue weighted by atomic mass is 9.95. The average Bonchev–Trinajstić information content (AvgIpc) is 2.83. The summed E-state index contributed by atoms with van der Waals surface area (Å²) >= 11 is 0. The van der Waals surface area contributed by atoms with Gasteiger partial charge in [-0.2, -0.15) is 0 Å². The molecule has 2 aliphatic rings. The number of hydrogen-bond acceptors (Lipinski definition) is 3. The van der Waals surface area contributed by atoms with Crippen molar-refractivity contribution in [3.63, 3.8) is 0 Å². The Labute approximate surface area is 99.2 Å². The van der Waals surface area contributed by atoms with Gasteiger partial charge in [0.2, 0.25) is 0 Å². The summed E-state index contributed by atoms with van der Waals surface area (Å²) in [6, 6.07) is 4.27. The highest BCUT2D eigenvalue weighted by molar-refractivity contribution is 5.37. The van der Waals surface area contributed by atoms with Crippen LogP contribution in [-0.4, -0.2) is 23.9 Å². The zero-order chi connectivity index (χ0) is 11.8. The Bertz CT molecular complexity index is 415. The first-order chi connectivity index (χ1) is 8.24. The van der Waals surface area contributed by atoms with E-state index in [1.54, 1.807) is 6.07 Å². The minimum Gasteiger partial charge on any atom is -0.487 e. The molecule has 2 heterocycles. The third kappa shape index (κ3) is 2.03. The zero-order valence-electron chi connectivity index (χ0n) is 9.43. The van der Waals surface area contributed by atoms with Crippen molar-refractivity contribution in [2.75, 3.05) is 6.61 Å². The fraction of sp³-hybridized carbons (Fsp3) is 0.538. The Morgan fingerprint density at radius 1 is 1.29 bits per heavy atom. The first-order valence-electron chi connectivity index (χ1n) is 6.00. The molecule has 3 nitrogen and oxygen atoms in total. The van der Waals surface area contributed by atoms with Crippen molar-refractivity contribution in [1.29, 1.82) is 0 Å². The molecule has 17 heavy (non-hydrogen) atoms. The Morgan fingerprint density at radius 3 is 2.94 bits per heavy atom. The van der Waals surface area contributed by atoms with Gasteiger partial charge in [0, 0.05) is 18.6 Å². The molecule has 0 aromatic heterocycles. The Balaban J connectivity index is 1.84. The first-order valence-corrected chi connectivity index (χ1v) is 6.00. The molecule has 0 aliphatic carbocycles. The second kappa shape index (κ2) is 4.27. The van der Waals surface area contributed by atoms with Gasteiger partial charge in [-0.1, -0.05) is 0 Å². The maximum absolute atomic E-state index is 13.1. The largest absolute Gasteiger partial charge is 0.487 e. The van der Waals surface area contributed by atoms with E-state index >= 15 is 0 Å². The summed E-state index contributed by atoms with van der Waals surface area (Å²) < 4.78 is 24.4. The average molecular weight is 238 g/mol. The van der Waals surface area contributed by atoms with Crippen LogP contribution in [0.2, 0.25) is 0 Å². The van der Waals surface area contributed by atoms with Crippen LogP contribution >= 0.6 is 0 Å². The van der Waals surface area contributed by atoms with Gasteiger partial charge in [0.1, 0.15) is 17.7 Å². The molecule has 1 aromatic carbocycles. The summed E-state index contributed by atoms with van der Waals surface area (Å²) in [5.74, 6) is 0.229. The lowest BCUT2D eigenvalue weighted by Crippen LogP contribution is -2.36. The quantitative estimate of drug-likeness (QED) is 0.815. The molecule has 1 fully saturated rings. The molecule has 3 atom stereocenters. The molecule has 3 unspecified atom stereocenters. The predicted octanol–water partition coefficient (Wildman–Crippen LogP) is 2.19. The van der Waals surface area contributed by atoms with Crippen molar-refractivity contribution in [1.82, 2.24) is 0 Å². The van der Waals surface area contributed by atoms with E-state index in [-0.39, 0.29) is 18.0 Å². The SMILES string of the molecule is OC1CC(C2CCCO2)Oc2ccc(F)cc21. The van der Waals surface area contributed by atoms with Crippen LogP contribution < -0.4 is 4.74 Å². The summed E-state index contributed by atoms with van der Waals surface area (Å²) in [5.41, 5.74) is 0.541. The number of rotatable bonds is 1. The van der Waals surface area contributed by atoms with Crippen LogP contribution in [0.1, 0.15) is 30.9 Å². The van der Waals surface area contributed by atoms with Crippen molar-refractivity contribution in [2.45, 2.75) is 37.6 Å². The van der Waals surface area contributed by atoms with Gasteiger partial charge in [0.15, 0.2) is 0 Å². The number of aliphatic hydroxyl groups is 1. The van der Waals surface area contributed by atoms with Gasteiger partial charge < -0.3 is 14.6 Å². The van der Waals surface area contributed by atoms with Crippen molar-refractivity contribution in [3.8, 4) is 5.75 Å². The van der Waals surface area contributed by atoms with Crippen molar-refractivity contribution in [2.24, 2.45) is 0 Å². The highest BCUT2D eigenvalue weighted by Gasteiger charge is 2.34. The topological polar surface area (TPSA) is 38.7 Å². The molecule has 4 heteroatoms. The minimum atomic E-state index is -0.663. The van der Waals surface area contributed by atoms with Gasteiger partial charge in [0.25, 0.3) is 0 Å². The Hall–Kier alpha value is -1.13. The molecular formula is C13H15FO3. The van der Waals surface area contributed by atoms with E-state index in [0.29, 0.717) is 17.7 Å². The zero-order valence-corrected chi connectivity index (χ0v) is 9.43. The van der Waals surface area contributed by atoms with Crippen molar-refractivity contribution >= 4 is 0 Å². The monoisotopic (exact) mass is 238 g/mol. The second-order valence-electron chi connectivity index (χ2n) is 4.64. The maximum atomic E-state index is 13.1.